The topological polar surface area (TPSA) is 69.7 Å². The van der Waals surface area contributed by atoms with Crippen molar-refractivity contribution in [3.63, 3.8) is 0 Å². The molecule has 0 saturated heterocycles. The third-order valence-corrected chi connectivity index (χ3v) is 0.651. The van der Waals surface area contributed by atoms with E-state index < -0.39 is 24.5 Å². The van der Waals surface area contributed by atoms with Gasteiger partial charge in [0.25, 0.3) is 0 Å². The second-order valence-electron chi connectivity index (χ2n) is 1.75. The fourth-order valence-electron chi connectivity index (χ4n) is 0.350. The molecule has 0 amide bonds. The van der Waals surface area contributed by atoms with Gasteiger partial charge in [-0.25, -0.2) is 4.79 Å². The summed E-state index contributed by atoms with van der Waals surface area (Å²) in [5, 5.41) is 0. The van der Waals surface area contributed by atoms with Crippen LogP contribution in [0.15, 0.2) is 0 Å². The first-order valence-corrected chi connectivity index (χ1v) is 2.87. The number of hydrogen-bond acceptors (Lipinski definition) is 5. The van der Waals surface area contributed by atoms with Gasteiger partial charge in [0.2, 0.25) is 0 Å². The Morgan fingerprint density at radius 1 is 1.07 bits per heavy atom. The Bertz CT molecular complexity index is 199. The molecule has 0 fully saturated rings. The van der Waals surface area contributed by atoms with Gasteiger partial charge >= 0.3 is 36.8 Å². The van der Waals surface area contributed by atoms with E-state index >= 15 is 0 Å². The molecule has 0 bridgehead atoms. The summed E-state index contributed by atoms with van der Waals surface area (Å²) in [4.78, 5) is 30.7. The molecule has 0 saturated carbocycles. The van der Waals surface area contributed by atoms with Gasteiger partial charge in [0.15, 0.2) is 6.61 Å². The Hall–Kier alpha value is 0.233. The monoisotopic (exact) mass is 282 g/mol. The zero-order chi connectivity index (χ0) is 8.85. The molecule has 80 valence electrons. The Morgan fingerprint density at radius 3 is 1.79 bits per heavy atom. The van der Waals surface area contributed by atoms with Gasteiger partial charge in [-0.2, -0.15) is 0 Å². The van der Waals surface area contributed by atoms with E-state index in [9.17, 15) is 14.4 Å². The first-order valence-electron chi connectivity index (χ1n) is 2.87. The molecule has 0 unspecified atom stereocenters. The van der Waals surface area contributed by atoms with Crippen molar-refractivity contribution in [3.05, 3.63) is 0 Å². The van der Waals surface area contributed by atoms with E-state index in [0.29, 0.717) is 0 Å². The maximum atomic E-state index is 10.4. The Kier molecular flexibility index (Phi) is 22.5. The van der Waals surface area contributed by atoms with Crippen molar-refractivity contribution < 1.29 is 57.7 Å². The minimum atomic E-state index is -0.868. The van der Waals surface area contributed by atoms with Crippen LogP contribution in [0.5, 0.6) is 0 Å². The molecule has 0 rings (SSSR count). The summed E-state index contributed by atoms with van der Waals surface area (Å²) in [7, 11) is 0. The Morgan fingerprint density at radius 2 is 1.50 bits per heavy atom. The molecule has 0 N–H and O–H groups in total. The molecular weight excluding hydrogens is 273 g/mol. The van der Waals surface area contributed by atoms with Gasteiger partial charge < -0.3 is 9.47 Å². The standard InChI is InChI=1S/C6H8O5.Co.Li.Mn.H/c1-4(7)10-3-6(9)11-5(2)8;;;;/h3H2,1-2H3;;;;. The van der Waals surface area contributed by atoms with Crippen molar-refractivity contribution >= 4 is 36.8 Å². The Balaban J connectivity index is -0.000000167. The van der Waals surface area contributed by atoms with Crippen LogP contribution >= 0.6 is 0 Å². The quantitative estimate of drug-likeness (QED) is 0.368. The molecule has 0 aromatic rings. The fourth-order valence-corrected chi connectivity index (χ4v) is 0.350. The molecule has 2 radical (unpaired) electrons. The van der Waals surface area contributed by atoms with E-state index in [-0.39, 0.29) is 52.7 Å². The molecule has 0 heterocycles. The van der Waals surface area contributed by atoms with Crippen molar-refractivity contribution in [3.8, 4) is 0 Å². The molecule has 0 spiro atoms. The molecular formula is C6H9CoLiMnO5. The van der Waals surface area contributed by atoms with E-state index in [1.54, 1.807) is 0 Å². The SMILES string of the molecule is CC(=O)OCC(=O)OC(C)=O.[Co].[LiH].[Mn]. The number of rotatable bonds is 2. The molecule has 5 nitrogen and oxygen atoms in total. The first-order chi connectivity index (χ1) is 5.02. The summed E-state index contributed by atoms with van der Waals surface area (Å²) in [5.74, 6) is -2.18. The van der Waals surface area contributed by atoms with Gasteiger partial charge in [-0.3, -0.25) is 9.59 Å². The smallest absolute Gasteiger partial charge is 0 e. The summed E-state index contributed by atoms with van der Waals surface area (Å²) < 4.78 is 8.28. The largest absolute Gasteiger partial charge is 0 e. The van der Waals surface area contributed by atoms with E-state index in [1.807, 2.05) is 0 Å². The van der Waals surface area contributed by atoms with E-state index in [1.165, 1.54) is 0 Å². The van der Waals surface area contributed by atoms with Crippen LogP contribution in [0.4, 0.5) is 0 Å². The third kappa shape index (κ3) is 18.1. The molecule has 0 aliphatic heterocycles. The van der Waals surface area contributed by atoms with Gasteiger partial charge in [-0.15, -0.1) is 0 Å². The molecule has 0 atom stereocenters. The van der Waals surface area contributed by atoms with Crippen LogP contribution < -0.4 is 0 Å². The van der Waals surface area contributed by atoms with E-state index in [4.69, 9.17) is 0 Å². The van der Waals surface area contributed by atoms with Crippen LogP contribution in [0, 0.1) is 0 Å². The van der Waals surface area contributed by atoms with E-state index in [2.05, 4.69) is 9.47 Å². The van der Waals surface area contributed by atoms with Crippen molar-refractivity contribution in [2.45, 2.75) is 13.8 Å². The van der Waals surface area contributed by atoms with Crippen LogP contribution in [0.25, 0.3) is 0 Å². The summed E-state index contributed by atoms with van der Waals surface area (Å²) >= 11 is 0. The second kappa shape index (κ2) is 13.2. The predicted octanol–water partition coefficient (Wildman–Crippen LogP) is -1.01. The summed E-state index contributed by atoms with van der Waals surface area (Å²) in [6, 6.07) is 0. The Labute approximate surface area is 114 Å². The molecule has 0 aliphatic carbocycles. The molecule has 0 aromatic heterocycles. The molecule has 0 aromatic carbocycles. The van der Waals surface area contributed by atoms with Gasteiger partial charge in [0.1, 0.15) is 0 Å². The second-order valence-corrected chi connectivity index (χ2v) is 1.75. The summed E-state index contributed by atoms with van der Waals surface area (Å²) in [6.07, 6.45) is 0. The van der Waals surface area contributed by atoms with Gasteiger partial charge in [-0.05, 0) is 0 Å². The van der Waals surface area contributed by atoms with Crippen LogP contribution in [0.3, 0.4) is 0 Å². The summed E-state index contributed by atoms with van der Waals surface area (Å²) in [6.45, 7) is 1.72. The number of carbonyl (C=O) groups excluding carboxylic acids is 3. The maximum Gasteiger partial charge on any atom is 0 e. The average molecular weight is 282 g/mol. The first kappa shape index (κ1) is 23.8. The van der Waals surface area contributed by atoms with Crippen LogP contribution in [0.1, 0.15) is 13.8 Å². The predicted molar refractivity (Wildman–Crippen MR) is 40.6 cm³/mol. The van der Waals surface area contributed by atoms with Gasteiger partial charge in [0, 0.05) is 47.7 Å². The zero-order valence-electron chi connectivity index (χ0n) is 6.96. The van der Waals surface area contributed by atoms with Crippen LogP contribution in [0.2, 0.25) is 0 Å². The molecule has 8 heteroatoms. The number of ether oxygens (including phenoxy) is 2. The van der Waals surface area contributed by atoms with Crippen molar-refractivity contribution in [2.75, 3.05) is 6.61 Å². The van der Waals surface area contributed by atoms with Gasteiger partial charge in [-0.1, -0.05) is 0 Å². The fraction of sp³-hybridized carbons (Fsp3) is 0.500. The number of carbonyl (C=O) groups is 3. The van der Waals surface area contributed by atoms with Gasteiger partial charge in [0.05, 0.1) is 0 Å². The average Bonchev–Trinajstić information content (AvgIpc) is 1.82. The van der Waals surface area contributed by atoms with Crippen molar-refractivity contribution in [2.24, 2.45) is 0 Å². The van der Waals surface area contributed by atoms with Crippen LogP contribution in [-0.4, -0.2) is 43.4 Å². The molecule has 0 aliphatic rings. The van der Waals surface area contributed by atoms with Crippen molar-refractivity contribution in [1.82, 2.24) is 0 Å². The minimum Gasteiger partial charge on any atom is 0 e. The van der Waals surface area contributed by atoms with Crippen LogP contribution in [-0.2, 0) is 57.7 Å². The zero-order valence-corrected chi connectivity index (χ0v) is 9.18. The molecule has 14 heavy (non-hydrogen) atoms. The third-order valence-electron chi connectivity index (χ3n) is 0.651. The normalized spacial score (nSPS) is 6.71. The van der Waals surface area contributed by atoms with Crippen molar-refractivity contribution in [1.29, 1.82) is 0 Å². The number of hydrogen-bond donors (Lipinski definition) is 0. The minimum absolute atomic E-state index is 0. The number of esters is 3. The van der Waals surface area contributed by atoms with E-state index in [0.717, 1.165) is 13.8 Å². The summed E-state index contributed by atoms with van der Waals surface area (Å²) in [5.41, 5.74) is 0. The maximum absolute atomic E-state index is 10.4.